The molecule has 60 heavy (non-hydrogen) atoms. The Morgan fingerprint density at radius 2 is 1.10 bits per heavy atom. The van der Waals surface area contributed by atoms with Crippen molar-refractivity contribution in [2.45, 2.75) is 31.1 Å². The van der Waals surface area contributed by atoms with Crippen LogP contribution in [0, 0.1) is 5.92 Å². The van der Waals surface area contributed by atoms with Crippen LogP contribution in [0.4, 0.5) is 11.4 Å². The Kier molecular flexibility index (Phi) is 7.65. The van der Waals surface area contributed by atoms with Gasteiger partial charge in [0.2, 0.25) is 0 Å². The largest absolute Gasteiger partial charge is 0.455 e. The van der Waals surface area contributed by atoms with Gasteiger partial charge in [0.15, 0.2) is 0 Å². The zero-order valence-electron chi connectivity index (χ0n) is 33.8. The number of benzene rings is 8. The van der Waals surface area contributed by atoms with Crippen LogP contribution in [0.25, 0.3) is 55.3 Å². The first kappa shape index (κ1) is 34.8. The lowest BCUT2D eigenvalue weighted by atomic mass is 9.62. The Hall–Kier alpha value is -7.16. The molecule has 2 nitrogen and oxygen atoms in total. The van der Waals surface area contributed by atoms with E-state index in [4.69, 9.17) is 4.42 Å². The standard InChI is InChI=1S/C58H43NO/c1-57(2)51-26-10-6-20-45(51)48-35-34-43(37-54(48)57)59(42-19-14-16-38(36-42)44-24-15-25-50-49-23-9-13-29-55(49)60-56(44)50)41-32-30-40(31-33-41)58(39-17-4-3-5-18-39)52-27-11-7-21-46(52)47-22-8-12-28-53(47)58/h3-30,32-37,40H,31H2,1-2H3. The van der Waals surface area contributed by atoms with Gasteiger partial charge in [0.1, 0.15) is 11.2 Å². The van der Waals surface area contributed by atoms with Crippen molar-refractivity contribution >= 4 is 33.3 Å². The number of fused-ring (bicyclic) bond motifs is 9. The highest BCUT2D eigenvalue weighted by Crippen LogP contribution is 2.58. The summed E-state index contributed by atoms with van der Waals surface area (Å²) in [7, 11) is 0. The molecule has 9 aromatic rings. The highest BCUT2D eigenvalue weighted by Gasteiger charge is 2.49. The van der Waals surface area contributed by atoms with Crippen molar-refractivity contribution in [3.63, 3.8) is 0 Å². The average Bonchev–Trinajstić information content (AvgIpc) is 3.91. The molecule has 286 valence electrons. The number of furan rings is 1. The van der Waals surface area contributed by atoms with E-state index >= 15 is 0 Å². The lowest BCUT2D eigenvalue weighted by Crippen LogP contribution is -2.36. The van der Waals surface area contributed by atoms with E-state index in [2.05, 4.69) is 219 Å². The van der Waals surface area contributed by atoms with Gasteiger partial charge in [0.25, 0.3) is 0 Å². The number of hydrogen-bond acceptors (Lipinski definition) is 2. The summed E-state index contributed by atoms with van der Waals surface area (Å²) in [6.45, 7) is 4.73. The molecule has 2 heteroatoms. The van der Waals surface area contributed by atoms with Gasteiger partial charge in [-0.25, -0.2) is 0 Å². The van der Waals surface area contributed by atoms with E-state index in [0.29, 0.717) is 0 Å². The van der Waals surface area contributed by atoms with Gasteiger partial charge in [0, 0.05) is 38.8 Å². The van der Waals surface area contributed by atoms with Crippen molar-refractivity contribution in [1.29, 1.82) is 0 Å². The topological polar surface area (TPSA) is 16.4 Å². The van der Waals surface area contributed by atoms with E-state index in [1.54, 1.807) is 0 Å². The number of rotatable bonds is 6. The van der Waals surface area contributed by atoms with Crippen molar-refractivity contribution in [3.05, 3.63) is 240 Å². The minimum Gasteiger partial charge on any atom is -0.455 e. The fourth-order valence-corrected chi connectivity index (χ4v) is 11.1. The summed E-state index contributed by atoms with van der Waals surface area (Å²) in [6, 6.07) is 69.2. The summed E-state index contributed by atoms with van der Waals surface area (Å²) in [6.07, 6.45) is 8.25. The van der Waals surface area contributed by atoms with Gasteiger partial charge in [-0.1, -0.05) is 184 Å². The van der Waals surface area contributed by atoms with Crippen molar-refractivity contribution in [2.75, 3.05) is 4.90 Å². The smallest absolute Gasteiger partial charge is 0.143 e. The maximum Gasteiger partial charge on any atom is 0.143 e. The molecule has 3 aliphatic carbocycles. The molecule has 0 aliphatic heterocycles. The second-order valence-electron chi connectivity index (χ2n) is 17.2. The predicted molar refractivity (Wildman–Crippen MR) is 249 cm³/mol. The van der Waals surface area contributed by atoms with Crippen molar-refractivity contribution < 1.29 is 4.42 Å². The monoisotopic (exact) mass is 769 g/mol. The lowest BCUT2D eigenvalue weighted by Gasteiger charge is -2.41. The second-order valence-corrected chi connectivity index (χ2v) is 17.2. The first-order valence-electron chi connectivity index (χ1n) is 21.2. The van der Waals surface area contributed by atoms with Crippen LogP contribution < -0.4 is 4.90 Å². The molecule has 0 bridgehead atoms. The molecule has 1 atom stereocenters. The Balaban J connectivity index is 1.01. The van der Waals surface area contributed by atoms with Crippen LogP contribution in [-0.4, -0.2) is 0 Å². The maximum absolute atomic E-state index is 6.56. The normalized spacial score (nSPS) is 16.6. The third kappa shape index (κ3) is 4.94. The summed E-state index contributed by atoms with van der Waals surface area (Å²) in [4.78, 5) is 2.47. The summed E-state index contributed by atoms with van der Waals surface area (Å²) >= 11 is 0. The van der Waals surface area contributed by atoms with E-state index in [1.165, 1.54) is 55.8 Å². The van der Waals surface area contributed by atoms with Crippen LogP contribution >= 0.6 is 0 Å². The molecular formula is C58H43NO. The van der Waals surface area contributed by atoms with Gasteiger partial charge < -0.3 is 9.32 Å². The fourth-order valence-electron chi connectivity index (χ4n) is 11.1. The van der Waals surface area contributed by atoms with Crippen molar-refractivity contribution in [1.82, 2.24) is 0 Å². The fraction of sp³-hybridized carbons (Fsp3) is 0.103. The van der Waals surface area contributed by atoms with E-state index < -0.39 is 0 Å². The zero-order valence-corrected chi connectivity index (χ0v) is 33.8. The van der Waals surface area contributed by atoms with Gasteiger partial charge in [0.05, 0.1) is 5.41 Å². The molecule has 0 fully saturated rings. The average molecular weight is 770 g/mol. The first-order chi connectivity index (χ1) is 29.5. The van der Waals surface area contributed by atoms with Gasteiger partial charge in [-0.3, -0.25) is 0 Å². The zero-order chi connectivity index (χ0) is 40.0. The Morgan fingerprint density at radius 1 is 0.500 bits per heavy atom. The summed E-state index contributed by atoms with van der Waals surface area (Å²) in [5.74, 6) is 0.195. The molecule has 0 saturated carbocycles. The van der Waals surface area contributed by atoms with Crippen molar-refractivity contribution in [2.24, 2.45) is 5.92 Å². The number of allylic oxidation sites excluding steroid dienone is 3. The number of para-hydroxylation sites is 2. The Labute approximate surface area is 351 Å². The van der Waals surface area contributed by atoms with E-state index in [-0.39, 0.29) is 16.7 Å². The molecule has 0 radical (unpaired) electrons. The van der Waals surface area contributed by atoms with Gasteiger partial charge >= 0.3 is 0 Å². The lowest BCUT2D eigenvalue weighted by molar-refractivity contribution is 0.456. The minimum absolute atomic E-state index is 0.125. The summed E-state index contributed by atoms with van der Waals surface area (Å²) < 4.78 is 6.56. The molecule has 0 spiro atoms. The van der Waals surface area contributed by atoms with E-state index in [0.717, 1.165) is 50.9 Å². The molecule has 0 amide bonds. The molecular weight excluding hydrogens is 727 g/mol. The van der Waals surface area contributed by atoms with Crippen LogP contribution in [0.15, 0.2) is 216 Å². The third-order valence-corrected chi connectivity index (χ3v) is 13.8. The summed E-state index contributed by atoms with van der Waals surface area (Å²) in [5.41, 5.74) is 19.2. The molecule has 12 rings (SSSR count). The molecule has 1 heterocycles. The first-order valence-corrected chi connectivity index (χ1v) is 21.2. The molecule has 0 saturated heterocycles. The number of nitrogens with zero attached hydrogens (tertiary/aromatic N) is 1. The molecule has 1 aromatic heterocycles. The molecule has 1 unspecified atom stereocenters. The Bertz CT molecular complexity index is 3190. The van der Waals surface area contributed by atoms with Crippen LogP contribution in [0.3, 0.4) is 0 Å². The van der Waals surface area contributed by atoms with Gasteiger partial charge in [-0.05, 0) is 104 Å². The molecule has 8 aromatic carbocycles. The minimum atomic E-state index is -0.327. The highest BCUT2D eigenvalue weighted by atomic mass is 16.3. The number of anilines is 2. The maximum atomic E-state index is 6.56. The van der Waals surface area contributed by atoms with Crippen LogP contribution in [-0.2, 0) is 10.8 Å². The van der Waals surface area contributed by atoms with Gasteiger partial charge in [-0.2, -0.15) is 0 Å². The predicted octanol–water partition coefficient (Wildman–Crippen LogP) is 15.2. The van der Waals surface area contributed by atoms with Crippen molar-refractivity contribution in [3.8, 4) is 33.4 Å². The van der Waals surface area contributed by atoms with Crippen LogP contribution in [0.2, 0.25) is 0 Å². The van der Waals surface area contributed by atoms with E-state index in [9.17, 15) is 0 Å². The van der Waals surface area contributed by atoms with E-state index in [1.807, 2.05) is 6.07 Å². The quantitative estimate of drug-likeness (QED) is 0.167. The molecule has 3 aliphatic rings. The van der Waals surface area contributed by atoms with Crippen LogP contribution in [0.1, 0.15) is 48.1 Å². The SMILES string of the molecule is CC1(C)c2ccccc2-c2ccc(N(C3=CCC(C4(c5ccccc5)c5ccccc5-c5ccccc54)C=C3)c3cccc(-c4cccc5c4oc4ccccc45)c3)cc21. The third-order valence-electron chi connectivity index (χ3n) is 13.8. The van der Waals surface area contributed by atoms with Crippen LogP contribution in [0.5, 0.6) is 0 Å². The summed E-state index contributed by atoms with van der Waals surface area (Å²) in [5, 5.41) is 2.28. The van der Waals surface area contributed by atoms with Gasteiger partial charge in [-0.15, -0.1) is 0 Å². The number of hydrogen-bond donors (Lipinski definition) is 0. The highest BCUT2D eigenvalue weighted by molar-refractivity contribution is 6.09. The second kappa shape index (κ2) is 13.2. The Morgan fingerprint density at radius 3 is 1.85 bits per heavy atom. The molecule has 0 N–H and O–H groups in total.